The van der Waals surface area contributed by atoms with Crippen LogP contribution in [0, 0.1) is 0 Å². The van der Waals surface area contributed by atoms with Crippen molar-refractivity contribution in [2.75, 3.05) is 13.2 Å². The van der Waals surface area contributed by atoms with Gasteiger partial charge in [-0.05, 0) is 19.1 Å². The average molecular weight is 212 g/mol. The van der Waals surface area contributed by atoms with E-state index >= 15 is 0 Å². The van der Waals surface area contributed by atoms with Gasteiger partial charge in [-0.15, -0.1) is 0 Å². The first kappa shape index (κ1) is 11.3. The topological polar surface area (TPSA) is 80.6 Å². The Balaban J connectivity index is 2.25. The molecule has 0 spiro atoms. The summed E-state index contributed by atoms with van der Waals surface area (Å²) in [5, 5.41) is 2.37. The molecule has 1 aromatic rings. The molecule has 82 valence electrons. The van der Waals surface area contributed by atoms with E-state index in [9.17, 15) is 9.59 Å². The predicted molar refractivity (Wildman–Crippen MR) is 50.8 cm³/mol. The van der Waals surface area contributed by atoms with E-state index in [0.717, 1.165) is 0 Å². The third-order valence-corrected chi connectivity index (χ3v) is 1.48. The fourth-order valence-corrected chi connectivity index (χ4v) is 0.844. The Labute approximate surface area is 86.5 Å². The summed E-state index contributed by atoms with van der Waals surface area (Å²) >= 11 is 0. The number of amides is 2. The molecule has 6 nitrogen and oxygen atoms in total. The number of carbonyl (C=O) groups is 2. The maximum Gasteiger partial charge on any atom is 0.287 e. The van der Waals surface area contributed by atoms with Crippen LogP contribution in [0.5, 0.6) is 0 Å². The lowest BCUT2D eigenvalue weighted by Crippen LogP contribution is -2.36. The van der Waals surface area contributed by atoms with Crippen molar-refractivity contribution in [2.45, 2.75) is 6.92 Å². The zero-order valence-corrected chi connectivity index (χ0v) is 8.28. The summed E-state index contributed by atoms with van der Waals surface area (Å²) in [6.07, 6.45) is 1.38. The Morgan fingerprint density at radius 3 is 2.93 bits per heavy atom. The number of hydrogen-bond donors (Lipinski definition) is 2. The molecule has 1 aromatic heterocycles. The van der Waals surface area contributed by atoms with Crippen LogP contribution in [0.1, 0.15) is 17.5 Å². The van der Waals surface area contributed by atoms with E-state index in [1.54, 1.807) is 13.0 Å². The minimum Gasteiger partial charge on any atom is -0.459 e. The first-order valence-corrected chi connectivity index (χ1v) is 4.46. The van der Waals surface area contributed by atoms with E-state index in [1.165, 1.54) is 12.3 Å². The second-order valence-electron chi connectivity index (χ2n) is 2.62. The molecule has 0 aliphatic heterocycles. The van der Waals surface area contributed by atoms with Crippen molar-refractivity contribution < 1.29 is 18.8 Å². The molecule has 0 saturated carbocycles. The van der Waals surface area contributed by atoms with Crippen LogP contribution in [0.25, 0.3) is 0 Å². The molecule has 0 unspecified atom stereocenters. The Kier molecular flexibility index (Phi) is 4.36. The monoisotopic (exact) mass is 212 g/mol. The Morgan fingerprint density at radius 2 is 2.33 bits per heavy atom. The summed E-state index contributed by atoms with van der Waals surface area (Å²) in [4.78, 5) is 26.9. The van der Waals surface area contributed by atoms with E-state index in [-0.39, 0.29) is 12.3 Å². The lowest BCUT2D eigenvalue weighted by molar-refractivity contribution is -0.132. The van der Waals surface area contributed by atoms with Gasteiger partial charge in [0.05, 0.1) is 19.4 Å². The van der Waals surface area contributed by atoms with E-state index in [1.807, 2.05) is 0 Å². The molecule has 1 rings (SSSR count). The second kappa shape index (κ2) is 5.82. The second-order valence-corrected chi connectivity index (χ2v) is 2.62. The molecule has 15 heavy (non-hydrogen) atoms. The maximum atomic E-state index is 11.3. The number of nitrogens with one attached hydrogen (secondary N) is 2. The van der Waals surface area contributed by atoms with E-state index in [0.29, 0.717) is 6.61 Å². The highest BCUT2D eigenvalue weighted by molar-refractivity contribution is 5.93. The maximum absolute atomic E-state index is 11.3. The van der Waals surface area contributed by atoms with Gasteiger partial charge < -0.3 is 9.73 Å². The van der Waals surface area contributed by atoms with Gasteiger partial charge in [-0.25, -0.2) is 5.48 Å². The fourth-order valence-electron chi connectivity index (χ4n) is 0.844. The van der Waals surface area contributed by atoms with Crippen LogP contribution in [0.3, 0.4) is 0 Å². The molecule has 2 amide bonds. The number of carbonyl (C=O) groups excluding carboxylic acids is 2. The molecule has 0 radical (unpaired) electrons. The smallest absolute Gasteiger partial charge is 0.287 e. The zero-order chi connectivity index (χ0) is 11.1. The highest BCUT2D eigenvalue weighted by Crippen LogP contribution is 1.98. The van der Waals surface area contributed by atoms with E-state index in [4.69, 9.17) is 4.42 Å². The number of hydroxylamine groups is 1. The molecule has 0 fully saturated rings. The highest BCUT2D eigenvalue weighted by atomic mass is 16.6. The van der Waals surface area contributed by atoms with Gasteiger partial charge in [0.25, 0.3) is 11.8 Å². The SMILES string of the molecule is CCONC(=O)CNC(=O)c1ccco1. The van der Waals surface area contributed by atoms with Gasteiger partial charge in [0.2, 0.25) is 0 Å². The average Bonchev–Trinajstić information content (AvgIpc) is 2.76. The summed E-state index contributed by atoms with van der Waals surface area (Å²) < 4.78 is 4.83. The van der Waals surface area contributed by atoms with Gasteiger partial charge >= 0.3 is 0 Å². The molecule has 1 heterocycles. The van der Waals surface area contributed by atoms with Crippen LogP contribution in [0.4, 0.5) is 0 Å². The first-order chi connectivity index (χ1) is 7.24. The number of hydrogen-bond acceptors (Lipinski definition) is 4. The fraction of sp³-hybridized carbons (Fsp3) is 0.333. The standard InChI is InChI=1S/C9H12N2O4/c1-2-15-11-8(12)6-10-9(13)7-4-3-5-14-7/h3-5H,2,6H2,1H3,(H,10,13)(H,11,12). The third kappa shape index (κ3) is 3.82. The van der Waals surface area contributed by atoms with Gasteiger partial charge in [0.15, 0.2) is 5.76 Å². The summed E-state index contributed by atoms with van der Waals surface area (Å²) in [5.74, 6) is -0.692. The normalized spacial score (nSPS) is 9.67. The molecule has 0 bridgehead atoms. The van der Waals surface area contributed by atoms with Crippen molar-refractivity contribution in [1.82, 2.24) is 10.8 Å². The van der Waals surface area contributed by atoms with Crippen molar-refractivity contribution >= 4 is 11.8 Å². The van der Waals surface area contributed by atoms with Crippen molar-refractivity contribution in [3.05, 3.63) is 24.2 Å². The van der Waals surface area contributed by atoms with Gasteiger partial charge in [-0.3, -0.25) is 14.4 Å². The zero-order valence-electron chi connectivity index (χ0n) is 8.28. The number of furan rings is 1. The Hall–Kier alpha value is -1.82. The predicted octanol–water partition coefficient (Wildman–Crippen LogP) is 0.0771. The molecule has 0 aromatic carbocycles. The summed E-state index contributed by atoms with van der Waals surface area (Å²) in [7, 11) is 0. The van der Waals surface area contributed by atoms with Gasteiger partial charge in [0.1, 0.15) is 0 Å². The highest BCUT2D eigenvalue weighted by Gasteiger charge is 2.09. The quantitative estimate of drug-likeness (QED) is 0.677. The molecular formula is C9H12N2O4. The molecule has 0 atom stereocenters. The van der Waals surface area contributed by atoms with Crippen molar-refractivity contribution in [3.63, 3.8) is 0 Å². The van der Waals surface area contributed by atoms with Gasteiger partial charge in [-0.1, -0.05) is 0 Å². The van der Waals surface area contributed by atoms with Crippen molar-refractivity contribution in [1.29, 1.82) is 0 Å². The number of rotatable bonds is 5. The minimum absolute atomic E-state index is 0.153. The molecule has 6 heteroatoms. The van der Waals surface area contributed by atoms with Crippen LogP contribution in [0.2, 0.25) is 0 Å². The first-order valence-electron chi connectivity index (χ1n) is 4.46. The van der Waals surface area contributed by atoms with Gasteiger partial charge in [-0.2, -0.15) is 0 Å². The largest absolute Gasteiger partial charge is 0.459 e. The van der Waals surface area contributed by atoms with Crippen LogP contribution >= 0.6 is 0 Å². The minimum atomic E-state index is -0.438. The van der Waals surface area contributed by atoms with Crippen molar-refractivity contribution in [2.24, 2.45) is 0 Å². The molecule has 2 N–H and O–H groups in total. The third-order valence-electron chi connectivity index (χ3n) is 1.48. The molecular weight excluding hydrogens is 200 g/mol. The Morgan fingerprint density at radius 1 is 1.53 bits per heavy atom. The Bertz CT molecular complexity index is 321. The van der Waals surface area contributed by atoms with Crippen LogP contribution in [-0.2, 0) is 9.63 Å². The molecule has 0 aliphatic rings. The lowest BCUT2D eigenvalue weighted by Gasteiger charge is -2.04. The molecule has 0 aliphatic carbocycles. The summed E-state index contributed by atoms with van der Waals surface area (Å²) in [5.41, 5.74) is 2.15. The van der Waals surface area contributed by atoms with E-state index < -0.39 is 11.8 Å². The van der Waals surface area contributed by atoms with Crippen LogP contribution in [0.15, 0.2) is 22.8 Å². The lowest BCUT2D eigenvalue weighted by atomic mass is 10.4. The summed E-state index contributed by atoms with van der Waals surface area (Å²) in [6, 6.07) is 3.10. The molecule has 0 saturated heterocycles. The van der Waals surface area contributed by atoms with Crippen LogP contribution < -0.4 is 10.8 Å². The van der Waals surface area contributed by atoms with Crippen molar-refractivity contribution in [3.8, 4) is 0 Å². The summed E-state index contributed by atoms with van der Waals surface area (Å²) in [6.45, 7) is 1.96. The van der Waals surface area contributed by atoms with E-state index in [2.05, 4.69) is 15.6 Å². The van der Waals surface area contributed by atoms with Gasteiger partial charge in [0, 0.05) is 0 Å². The van der Waals surface area contributed by atoms with Crippen LogP contribution in [-0.4, -0.2) is 25.0 Å².